The van der Waals surface area contributed by atoms with Gasteiger partial charge >= 0.3 is 0 Å². The van der Waals surface area contributed by atoms with E-state index in [1.807, 2.05) is 26.0 Å². The molecular formula is C19H19N5O3. The first-order valence-electron chi connectivity index (χ1n) is 8.56. The topological polar surface area (TPSA) is 91.2 Å². The number of hydrogen-bond donors (Lipinski definition) is 1. The van der Waals surface area contributed by atoms with Gasteiger partial charge < -0.3 is 14.8 Å². The largest absolute Gasteiger partial charge is 0.483 e. The Balaban J connectivity index is 1.40. The molecule has 8 nitrogen and oxygen atoms in total. The average molecular weight is 365 g/mol. The zero-order chi connectivity index (χ0) is 18.9. The van der Waals surface area contributed by atoms with Gasteiger partial charge in [0.25, 0.3) is 5.91 Å². The standard InChI is InChI=1S/C19H19N5O3/c1-19(2)10-13-5-3-6-14(18(13)27-19)26-11-17(25)23-15-9-16(21-12-20-15)24-8-4-7-22-24/h3-9,12H,10-11H2,1-2H3,(H,20,21,23,25). The molecule has 0 bridgehead atoms. The van der Waals surface area contributed by atoms with E-state index in [1.165, 1.54) is 6.33 Å². The second kappa shape index (κ2) is 6.71. The molecule has 1 aliphatic heterocycles. The van der Waals surface area contributed by atoms with E-state index in [2.05, 4.69) is 20.4 Å². The first-order valence-corrected chi connectivity index (χ1v) is 8.56. The number of amides is 1. The number of rotatable bonds is 5. The van der Waals surface area contributed by atoms with Crippen LogP contribution in [0.25, 0.3) is 5.82 Å². The summed E-state index contributed by atoms with van der Waals surface area (Å²) in [5, 5.41) is 6.80. The highest BCUT2D eigenvalue weighted by Crippen LogP contribution is 2.41. The minimum Gasteiger partial charge on any atom is -0.483 e. The molecule has 1 aliphatic rings. The molecule has 2 aromatic heterocycles. The molecule has 0 atom stereocenters. The van der Waals surface area contributed by atoms with Crippen LogP contribution >= 0.6 is 0 Å². The quantitative estimate of drug-likeness (QED) is 0.746. The summed E-state index contributed by atoms with van der Waals surface area (Å²) in [6.07, 6.45) is 5.58. The Morgan fingerprint density at radius 3 is 3.04 bits per heavy atom. The van der Waals surface area contributed by atoms with Crippen molar-refractivity contribution in [2.24, 2.45) is 0 Å². The van der Waals surface area contributed by atoms with Gasteiger partial charge in [-0.2, -0.15) is 5.10 Å². The van der Waals surface area contributed by atoms with Crippen molar-refractivity contribution in [3.8, 4) is 17.3 Å². The van der Waals surface area contributed by atoms with Crippen LogP contribution in [-0.2, 0) is 11.2 Å². The van der Waals surface area contributed by atoms with Crippen molar-refractivity contribution < 1.29 is 14.3 Å². The third-order valence-corrected chi connectivity index (χ3v) is 4.07. The van der Waals surface area contributed by atoms with Gasteiger partial charge in [-0.25, -0.2) is 14.6 Å². The Morgan fingerprint density at radius 1 is 1.33 bits per heavy atom. The molecule has 3 aromatic rings. The van der Waals surface area contributed by atoms with Crippen molar-refractivity contribution in [3.05, 3.63) is 54.6 Å². The summed E-state index contributed by atoms with van der Waals surface area (Å²) in [6.45, 7) is 3.90. The molecule has 8 heteroatoms. The van der Waals surface area contributed by atoms with Gasteiger partial charge in [-0.05, 0) is 26.0 Å². The number of hydrogen-bond acceptors (Lipinski definition) is 6. The van der Waals surface area contributed by atoms with Crippen LogP contribution in [0, 0.1) is 0 Å². The first kappa shape index (κ1) is 17.0. The molecule has 0 aliphatic carbocycles. The first-order chi connectivity index (χ1) is 13.0. The highest BCUT2D eigenvalue weighted by molar-refractivity contribution is 5.91. The Bertz CT molecular complexity index is 969. The van der Waals surface area contributed by atoms with Crippen molar-refractivity contribution in [3.63, 3.8) is 0 Å². The molecule has 3 heterocycles. The molecule has 0 saturated heterocycles. The minimum atomic E-state index is -0.324. The number of nitrogens with one attached hydrogen (secondary N) is 1. The van der Waals surface area contributed by atoms with Crippen molar-refractivity contribution in [1.82, 2.24) is 19.7 Å². The minimum absolute atomic E-state index is 0.151. The van der Waals surface area contributed by atoms with Gasteiger partial charge in [0.05, 0.1) is 0 Å². The van der Waals surface area contributed by atoms with Crippen LogP contribution < -0.4 is 14.8 Å². The van der Waals surface area contributed by atoms with Gasteiger partial charge in [0.15, 0.2) is 23.9 Å². The van der Waals surface area contributed by atoms with Gasteiger partial charge in [0, 0.05) is 30.4 Å². The third kappa shape index (κ3) is 3.74. The predicted octanol–water partition coefficient (Wildman–Crippen LogP) is 2.39. The summed E-state index contributed by atoms with van der Waals surface area (Å²) in [7, 11) is 0. The van der Waals surface area contributed by atoms with Gasteiger partial charge in [0.2, 0.25) is 0 Å². The highest BCUT2D eigenvalue weighted by atomic mass is 16.5. The van der Waals surface area contributed by atoms with Crippen LogP contribution in [0.1, 0.15) is 19.4 Å². The molecule has 0 saturated carbocycles. The fraction of sp³-hybridized carbons (Fsp3) is 0.263. The van der Waals surface area contributed by atoms with Gasteiger partial charge in [-0.15, -0.1) is 0 Å². The van der Waals surface area contributed by atoms with E-state index >= 15 is 0 Å². The van der Waals surface area contributed by atoms with E-state index in [1.54, 1.807) is 35.3 Å². The monoisotopic (exact) mass is 365 g/mol. The van der Waals surface area contributed by atoms with E-state index in [4.69, 9.17) is 9.47 Å². The Labute approximate surface area is 156 Å². The molecule has 0 unspecified atom stereocenters. The van der Waals surface area contributed by atoms with E-state index in [9.17, 15) is 4.79 Å². The van der Waals surface area contributed by atoms with Gasteiger partial charge in [-0.1, -0.05) is 12.1 Å². The second-order valence-corrected chi connectivity index (χ2v) is 6.83. The molecule has 1 amide bonds. The van der Waals surface area contributed by atoms with E-state index < -0.39 is 0 Å². The second-order valence-electron chi connectivity index (χ2n) is 6.83. The van der Waals surface area contributed by atoms with E-state index in [0.717, 1.165) is 12.0 Å². The number of ether oxygens (including phenoxy) is 2. The van der Waals surface area contributed by atoms with Crippen LogP contribution in [0.4, 0.5) is 5.82 Å². The lowest BCUT2D eigenvalue weighted by Crippen LogP contribution is -2.25. The van der Waals surface area contributed by atoms with Gasteiger partial charge in [-0.3, -0.25) is 4.79 Å². The molecule has 1 N–H and O–H groups in total. The number of carbonyl (C=O) groups is 1. The Morgan fingerprint density at radius 2 is 2.22 bits per heavy atom. The Kier molecular flexibility index (Phi) is 4.23. The molecule has 1 aromatic carbocycles. The summed E-state index contributed by atoms with van der Waals surface area (Å²) in [5.41, 5.74) is 0.811. The molecule has 0 radical (unpaired) electrons. The van der Waals surface area contributed by atoms with Crippen molar-refractivity contribution in [2.45, 2.75) is 25.9 Å². The summed E-state index contributed by atoms with van der Waals surface area (Å²) >= 11 is 0. The van der Waals surface area contributed by atoms with Crippen molar-refractivity contribution >= 4 is 11.7 Å². The molecule has 27 heavy (non-hydrogen) atoms. The fourth-order valence-electron chi connectivity index (χ4n) is 2.97. The SMILES string of the molecule is CC1(C)Cc2cccc(OCC(=O)Nc3cc(-n4cccn4)ncn3)c2O1. The number of anilines is 1. The van der Waals surface area contributed by atoms with Crippen LogP contribution in [-0.4, -0.2) is 37.9 Å². The molecule has 4 rings (SSSR count). The number of carbonyl (C=O) groups excluding carboxylic acids is 1. The van der Waals surface area contributed by atoms with Crippen LogP contribution in [0.15, 0.2) is 49.1 Å². The number of para-hydroxylation sites is 1. The number of nitrogens with zero attached hydrogens (tertiary/aromatic N) is 4. The van der Waals surface area contributed by atoms with Crippen molar-refractivity contribution in [1.29, 1.82) is 0 Å². The molecule has 0 spiro atoms. The number of fused-ring (bicyclic) bond motifs is 1. The predicted molar refractivity (Wildman–Crippen MR) is 98.1 cm³/mol. The summed E-state index contributed by atoms with van der Waals surface area (Å²) < 4.78 is 13.2. The summed E-state index contributed by atoms with van der Waals surface area (Å²) in [5.74, 6) is 1.88. The maximum absolute atomic E-state index is 12.3. The zero-order valence-electron chi connectivity index (χ0n) is 15.0. The lowest BCUT2D eigenvalue weighted by molar-refractivity contribution is -0.118. The van der Waals surface area contributed by atoms with E-state index in [-0.39, 0.29) is 18.1 Å². The van der Waals surface area contributed by atoms with Crippen molar-refractivity contribution in [2.75, 3.05) is 11.9 Å². The van der Waals surface area contributed by atoms with Crippen LogP contribution in [0.2, 0.25) is 0 Å². The Hall–Kier alpha value is -3.42. The zero-order valence-corrected chi connectivity index (χ0v) is 15.0. The van der Waals surface area contributed by atoms with Gasteiger partial charge in [0.1, 0.15) is 17.7 Å². The maximum Gasteiger partial charge on any atom is 0.263 e. The lowest BCUT2D eigenvalue weighted by atomic mass is 10.0. The van der Waals surface area contributed by atoms with Crippen LogP contribution in [0.3, 0.4) is 0 Å². The third-order valence-electron chi connectivity index (χ3n) is 4.07. The number of aromatic nitrogens is 4. The van der Waals surface area contributed by atoms with Crippen LogP contribution in [0.5, 0.6) is 11.5 Å². The molecular weight excluding hydrogens is 346 g/mol. The average Bonchev–Trinajstić information content (AvgIpc) is 3.26. The molecule has 138 valence electrons. The molecule has 0 fully saturated rings. The highest BCUT2D eigenvalue weighted by Gasteiger charge is 2.32. The fourth-order valence-corrected chi connectivity index (χ4v) is 2.97. The summed E-state index contributed by atoms with van der Waals surface area (Å²) in [4.78, 5) is 20.4. The number of benzene rings is 1. The summed E-state index contributed by atoms with van der Waals surface area (Å²) in [6, 6.07) is 9.13. The maximum atomic E-state index is 12.3. The lowest BCUT2D eigenvalue weighted by Gasteiger charge is -2.18. The normalized spacial score (nSPS) is 14.3. The van der Waals surface area contributed by atoms with E-state index in [0.29, 0.717) is 23.1 Å². The smallest absolute Gasteiger partial charge is 0.263 e.